The zero-order chi connectivity index (χ0) is 11.9. The van der Waals surface area contributed by atoms with Crippen molar-refractivity contribution >= 4 is 50.7 Å². The van der Waals surface area contributed by atoms with Crippen LogP contribution in [0.15, 0.2) is 16.6 Å². The molecule has 0 radical (unpaired) electrons. The zero-order valence-electron chi connectivity index (χ0n) is 8.64. The molecule has 1 aromatic rings. The van der Waals surface area contributed by atoms with Gasteiger partial charge < -0.3 is 4.90 Å². The van der Waals surface area contributed by atoms with Crippen molar-refractivity contribution in [1.29, 1.82) is 0 Å². The van der Waals surface area contributed by atoms with Crippen molar-refractivity contribution in [2.24, 2.45) is 0 Å². The molecule has 16 heavy (non-hydrogen) atoms. The maximum absolute atomic E-state index is 11.8. The first-order chi connectivity index (χ1) is 7.49. The summed E-state index contributed by atoms with van der Waals surface area (Å²) in [5, 5.41) is 0.552. The largest absolute Gasteiger partial charge is 0.309 e. The molecule has 2 rings (SSSR count). The fraction of sp³-hybridized carbons (Fsp3) is 0.364. The van der Waals surface area contributed by atoms with Crippen molar-refractivity contribution in [1.82, 2.24) is 0 Å². The summed E-state index contributed by atoms with van der Waals surface area (Å²) in [6.07, 6.45) is 0.399. The Hall–Kier alpha value is -0.250. The first kappa shape index (κ1) is 12.2. The summed E-state index contributed by atoms with van der Waals surface area (Å²) in [6, 6.07) is 3.63. The lowest BCUT2D eigenvalue weighted by molar-refractivity contribution is -0.117. The number of amides is 1. The van der Waals surface area contributed by atoms with E-state index in [0.717, 1.165) is 15.7 Å². The van der Waals surface area contributed by atoms with Gasteiger partial charge in [0.05, 0.1) is 11.1 Å². The number of alkyl halides is 1. The fourth-order valence-corrected chi connectivity index (χ4v) is 3.36. The first-order valence-electron chi connectivity index (χ1n) is 4.89. The summed E-state index contributed by atoms with van der Waals surface area (Å²) in [5.41, 5.74) is 1.84. The number of benzene rings is 1. The van der Waals surface area contributed by atoms with E-state index in [1.54, 1.807) is 11.0 Å². The van der Waals surface area contributed by atoms with E-state index in [1.807, 2.05) is 13.0 Å². The summed E-state index contributed by atoms with van der Waals surface area (Å²) >= 11 is 15.4. The van der Waals surface area contributed by atoms with Gasteiger partial charge in [-0.05, 0) is 40.5 Å². The topological polar surface area (TPSA) is 20.3 Å². The van der Waals surface area contributed by atoms with Crippen LogP contribution < -0.4 is 4.90 Å². The molecule has 0 aliphatic carbocycles. The third-order valence-electron chi connectivity index (χ3n) is 2.57. The molecule has 0 saturated carbocycles. The SMILES string of the molecule is Cc1cc(Cl)cc(Br)c1N1CC(Cl)CC1=O. The predicted octanol–water partition coefficient (Wildman–Crippen LogP) is 3.76. The molecule has 0 bridgehead atoms. The van der Waals surface area contributed by atoms with Gasteiger partial charge in [-0.2, -0.15) is 0 Å². The molecule has 1 heterocycles. The molecule has 1 amide bonds. The molecule has 1 aliphatic rings. The lowest BCUT2D eigenvalue weighted by atomic mass is 10.2. The molecule has 1 unspecified atom stereocenters. The van der Waals surface area contributed by atoms with Crippen molar-refractivity contribution < 1.29 is 4.79 Å². The molecule has 1 aliphatic heterocycles. The Kier molecular flexibility index (Phi) is 3.48. The van der Waals surface area contributed by atoms with Crippen LogP contribution in [-0.4, -0.2) is 17.8 Å². The summed E-state index contributed by atoms with van der Waals surface area (Å²) < 4.78 is 0.830. The Morgan fingerprint density at radius 2 is 2.19 bits per heavy atom. The summed E-state index contributed by atoms with van der Waals surface area (Å²) in [4.78, 5) is 13.5. The fourth-order valence-electron chi connectivity index (χ4n) is 1.92. The Bertz CT molecular complexity index is 427. The van der Waals surface area contributed by atoms with Crippen LogP contribution >= 0.6 is 39.1 Å². The monoisotopic (exact) mass is 321 g/mol. The molecule has 5 heteroatoms. The molecule has 2 nitrogen and oxygen atoms in total. The van der Waals surface area contributed by atoms with Gasteiger partial charge in [0.1, 0.15) is 0 Å². The van der Waals surface area contributed by atoms with E-state index in [9.17, 15) is 4.79 Å². The second-order valence-electron chi connectivity index (χ2n) is 3.86. The van der Waals surface area contributed by atoms with Crippen LogP contribution in [0.25, 0.3) is 0 Å². The van der Waals surface area contributed by atoms with Crippen molar-refractivity contribution in [2.75, 3.05) is 11.4 Å². The third kappa shape index (κ3) is 2.22. The number of hydrogen-bond acceptors (Lipinski definition) is 1. The van der Waals surface area contributed by atoms with Gasteiger partial charge in [0, 0.05) is 22.5 Å². The summed E-state index contributed by atoms with van der Waals surface area (Å²) in [6.45, 7) is 2.49. The van der Waals surface area contributed by atoms with Crippen LogP contribution in [0.2, 0.25) is 5.02 Å². The van der Waals surface area contributed by atoms with E-state index in [4.69, 9.17) is 23.2 Å². The molecule has 0 spiro atoms. The van der Waals surface area contributed by atoms with E-state index in [0.29, 0.717) is 18.0 Å². The van der Waals surface area contributed by atoms with Crippen LogP contribution in [0, 0.1) is 6.92 Å². The summed E-state index contributed by atoms with van der Waals surface area (Å²) in [7, 11) is 0. The zero-order valence-corrected chi connectivity index (χ0v) is 11.7. The smallest absolute Gasteiger partial charge is 0.228 e. The van der Waals surface area contributed by atoms with Crippen molar-refractivity contribution in [3.63, 3.8) is 0 Å². The predicted molar refractivity (Wildman–Crippen MR) is 70.5 cm³/mol. The molecular formula is C11H10BrCl2NO. The van der Waals surface area contributed by atoms with E-state index in [1.165, 1.54) is 0 Å². The highest BCUT2D eigenvalue weighted by Crippen LogP contribution is 2.36. The average Bonchev–Trinajstić information content (AvgIpc) is 2.43. The van der Waals surface area contributed by atoms with Gasteiger partial charge >= 0.3 is 0 Å². The van der Waals surface area contributed by atoms with Gasteiger partial charge in [-0.3, -0.25) is 4.79 Å². The minimum absolute atomic E-state index is 0.0612. The average molecular weight is 323 g/mol. The van der Waals surface area contributed by atoms with Crippen molar-refractivity contribution in [3.8, 4) is 0 Å². The Balaban J connectivity index is 2.44. The van der Waals surface area contributed by atoms with Gasteiger partial charge in [-0.15, -0.1) is 11.6 Å². The van der Waals surface area contributed by atoms with Gasteiger partial charge in [0.25, 0.3) is 0 Å². The summed E-state index contributed by atoms with van der Waals surface area (Å²) in [5.74, 6) is 0.0612. The molecule has 0 aromatic heterocycles. The maximum atomic E-state index is 11.8. The van der Waals surface area contributed by atoms with Crippen LogP contribution in [0.3, 0.4) is 0 Å². The highest BCUT2D eigenvalue weighted by atomic mass is 79.9. The highest BCUT2D eigenvalue weighted by molar-refractivity contribution is 9.10. The molecule has 0 N–H and O–H groups in total. The highest BCUT2D eigenvalue weighted by Gasteiger charge is 2.31. The van der Waals surface area contributed by atoms with Crippen LogP contribution in [0.1, 0.15) is 12.0 Å². The quantitative estimate of drug-likeness (QED) is 0.721. The lowest BCUT2D eigenvalue weighted by Gasteiger charge is -2.20. The standard InChI is InChI=1S/C11H10BrCl2NO/c1-6-2-7(13)3-9(12)11(6)15-5-8(14)4-10(15)16/h2-3,8H,4-5H2,1H3. The van der Waals surface area contributed by atoms with Crippen LogP contribution in [-0.2, 0) is 4.79 Å². The third-order valence-corrected chi connectivity index (χ3v) is 3.68. The molecule has 86 valence electrons. The number of hydrogen-bond donors (Lipinski definition) is 0. The maximum Gasteiger partial charge on any atom is 0.228 e. The van der Waals surface area contributed by atoms with Gasteiger partial charge in [-0.1, -0.05) is 11.6 Å². The minimum atomic E-state index is -0.102. The number of carbonyl (C=O) groups is 1. The van der Waals surface area contributed by atoms with Gasteiger partial charge in [-0.25, -0.2) is 0 Å². The van der Waals surface area contributed by atoms with E-state index >= 15 is 0 Å². The Morgan fingerprint density at radius 1 is 1.50 bits per heavy atom. The van der Waals surface area contributed by atoms with E-state index in [2.05, 4.69) is 15.9 Å². The number of anilines is 1. The molecular weight excluding hydrogens is 313 g/mol. The first-order valence-corrected chi connectivity index (χ1v) is 6.50. The van der Waals surface area contributed by atoms with E-state index < -0.39 is 0 Å². The second-order valence-corrected chi connectivity index (χ2v) is 5.77. The molecule has 1 aromatic carbocycles. The van der Waals surface area contributed by atoms with E-state index in [-0.39, 0.29) is 11.3 Å². The number of rotatable bonds is 1. The minimum Gasteiger partial charge on any atom is -0.309 e. The number of aryl methyl sites for hydroxylation is 1. The molecule has 1 atom stereocenters. The number of nitrogens with zero attached hydrogens (tertiary/aromatic N) is 1. The Labute approximate surface area is 113 Å². The molecule has 1 saturated heterocycles. The molecule has 1 fully saturated rings. The van der Waals surface area contributed by atoms with Crippen molar-refractivity contribution in [2.45, 2.75) is 18.7 Å². The van der Waals surface area contributed by atoms with Crippen molar-refractivity contribution in [3.05, 3.63) is 27.2 Å². The van der Waals surface area contributed by atoms with Gasteiger partial charge in [0.2, 0.25) is 5.91 Å². The number of carbonyl (C=O) groups excluding carboxylic acids is 1. The van der Waals surface area contributed by atoms with Crippen LogP contribution in [0.4, 0.5) is 5.69 Å². The second kappa shape index (κ2) is 4.55. The normalized spacial score (nSPS) is 20.6. The Morgan fingerprint density at radius 3 is 2.69 bits per heavy atom. The lowest BCUT2D eigenvalue weighted by Crippen LogP contribution is -2.25. The number of halogens is 3. The van der Waals surface area contributed by atoms with Gasteiger partial charge in [0.15, 0.2) is 0 Å². The van der Waals surface area contributed by atoms with Crippen LogP contribution in [0.5, 0.6) is 0 Å².